The second-order valence-corrected chi connectivity index (χ2v) is 11.3. The van der Waals surface area contributed by atoms with E-state index in [1.165, 1.54) is 108 Å². The average Bonchev–Trinajstić information content (AvgIpc) is 2.80. The number of unbranched alkanes of at least 4 members (excludes halogenated alkanes) is 4. The van der Waals surface area contributed by atoms with E-state index in [0.717, 1.165) is 41.6 Å². The van der Waals surface area contributed by atoms with Crippen LogP contribution in [-0.2, 0) is 0 Å². The van der Waals surface area contributed by atoms with E-state index in [9.17, 15) is 8.78 Å². The fourth-order valence-electron chi connectivity index (χ4n) is 7.41. The van der Waals surface area contributed by atoms with Crippen molar-refractivity contribution in [2.24, 2.45) is 29.6 Å². The Kier molecular flexibility index (Phi) is 8.46. The van der Waals surface area contributed by atoms with Crippen LogP contribution in [0.4, 0.5) is 8.78 Å². The van der Waals surface area contributed by atoms with Crippen molar-refractivity contribution in [2.45, 2.75) is 116 Å². The summed E-state index contributed by atoms with van der Waals surface area (Å²) in [6.07, 6.45) is 22.4. The molecule has 0 aromatic heterocycles. The third-order valence-electron chi connectivity index (χ3n) is 9.34. The van der Waals surface area contributed by atoms with Gasteiger partial charge in [0.2, 0.25) is 0 Å². The second kappa shape index (κ2) is 11.3. The maximum absolute atomic E-state index is 13.7. The zero-order chi connectivity index (χ0) is 21.6. The summed E-state index contributed by atoms with van der Waals surface area (Å²) in [6, 6.07) is 4.58. The normalized spacial score (nSPS) is 33.8. The zero-order valence-electron chi connectivity index (χ0n) is 19.8. The first kappa shape index (κ1) is 23.2. The highest BCUT2D eigenvalue weighted by Gasteiger charge is 2.39. The third kappa shape index (κ3) is 6.11. The molecule has 0 aliphatic heterocycles. The van der Waals surface area contributed by atoms with Crippen molar-refractivity contribution in [2.75, 3.05) is 0 Å². The Bertz CT molecular complexity index is 675. The van der Waals surface area contributed by atoms with Crippen LogP contribution in [0, 0.1) is 41.2 Å². The molecule has 1 aromatic rings. The molecule has 0 heterocycles. The fourth-order valence-corrected chi connectivity index (χ4v) is 7.41. The first-order valence-corrected chi connectivity index (χ1v) is 13.6. The van der Waals surface area contributed by atoms with Crippen molar-refractivity contribution < 1.29 is 8.78 Å². The van der Waals surface area contributed by atoms with Crippen LogP contribution in [0.15, 0.2) is 18.2 Å². The van der Waals surface area contributed by atoms with E-state index in [1.54, 1.807) is 0 Å². The summed E-state index contributed by atoms with van der Waals surface area (Å²) in [6.45, 7) is 2.30. The van der Waals surface area contributed by atoms with Crippen molar-refractivity contribution in [3.8, 4) is 0 Å². The summed E-state index contributed by atoms with van der Waals surface area (Å²) in [5, 5.41) is 0. The van der Waals surface area contributed by atoms with E-state index in [0.29, 0.717) is 5.92 Å². The Balaban J connectivity index is 1.20. The number of hydrogen-bond acceptors (Lipinski definition) is 0. The van der Waals surface area contributed by atoms with Crippen LogP contribution in [0.5, 0.6) is 0 Å². The summed E-state index contributed by atoms with van der Waals surface area (Å²) in [7, 11) is 0. The molecule has 0 bridgehead atoms. The fraction of sp³-hybridized carbons (Fsp3) is 0.793. The summed E-state index contributed by atoms with van der Waals surface area (Å²) in [5.41, 5.74) is 1.02. The van der Waals surface area contributed by atoms with E-state index >= 15 is 0 Å². The van der Waals surface area contributed by atoms with Crippen molar-refractivity contribution >= 4 is 0 Å². The Hall–Kier alpha value is -0.920. The van der Waals surface area contributed by atoms with Gasteiger partial charge in [0, 0.05) is 0 Å². The van der Waals surface area contributed by atoms with Gasteiger partial charge in [-0.25, -0.2) is 8.78 Å². The van der Waals surface area contributed by atoms with Gasteiger partial charge in [-0.3, -0.25) is 0 Å². The van der Waals surface area contributed by atoms with Crippen molar-refractivity contribution in [1.29, 1.82) is 0 Å². The van der Waals surface area contributed by atoms with Crippen molar-refractivity contribution in [3.63, 3.8) is 0 Å². The van der Waals surface area contributed by atoms with Crippen LogP contribution in [-0.4, -0.2) is 0 Å². The van der Waals surface area contributed by atoms with Gasteiger partial charge in [-0.05, 0) is 105 Å². The second-order valence-electron chi connectivity index (χ2n) is 11.3. The molecule has 174 valence electrons. The summed E-state index contributed by atoms with van der Waals surface area (Å²) >= 11 is 0. The molecule has 31 heavy (non-hydrogen) atoms. The van der Waals surface area contributed by atoms with Gasteiger partial charge in [0.05, 0.1) is 0 Å². The molecule has 1 aromatic carbocycles. The Morgan fingerprint density at radius 1 is 0.677 bits per heavy atom. The lowest BCUT2D eigenvalue weighted by Crippen LogP contribution is -2.34. The van der Waals surface area contributed by atoms with Crippen LogP contribution in [0.3, 0.4) is 0 Å². The topological polar surface area (TPSA) is 0 Å². The van der Waals surface area contributed by atoms with E-state index in [2.05, 4.69) is 6.92 Å². The lowest BCUT2D eigenvalue weighted by atomic mass is 9.60. The predicted octanol–water partition coefficient (Wildman–Crippen LogP) is 9.43. The first-order chi connectivity index (χ1) is 15.1. The standard InChI is InChI=1S/C29H44F2/c1-2-3-4-5-6-7-21-8-10-22(11-9-21)23-12-13-25-19-26(15-14-24(25)18-23)27-16-17-28(30)29(31)20-27/h16-17,20-26H,2-15,18-19H2,1H3. The van der Waals surface area contributed by atoms with E-state index in [1.807, 2.05) is 6.07 Å². The minimum atomic E-state index is -0.718. The van der Waals surface area contributed by atoms with Crippen LogP contribution in [0.2, 0.25) is 0 Å². The van der Waals surface area contributed by atoms with Crippen molar-refractivity contribution in [3.05, 3.63) is 35.4 Å². The van der Waals surface area contributed by atoms with Gasteiger partial charge in [0.25, 0.3) is 0 Å². The monoisotopic (exact) mass is 430 g/mol. The first-order valence-electron chi connectivity index (χ1n) is 13.6. The largest absolute Gasteiger partial charge is 0.204 e. The molecule has 3 aliphatic carbocycles. The van der Waals surface area contributed by atoms with Crippen LogP contribution in [0.1, 0.15) is 121 Å². The third-order valence-corrected chi connectivity index (χ3v) is 9.34. The number of benzene rings is 1. The molecule has 3 aliphatic rings. The molecule has 0 spiro atoms. The molecular formula is C29H44F2. The lowest BCUT2D eigenvalue weighted by molar-refractivity contribution is 0.0710. The zero-order valence-corrected chi connectivity index (χ0v) is 19.8. The molecule has 4 unspecified atom stereocenters. The molecule has 0 N–H and O–H groups in total. The number of hydrogen-bond donors (Lipinski definition) is 0. The van der Waals surface area contributed by atoms with E-state index in [-0.39, 0.29) is 0 Å². The molecule has 3 saturated carbocycles. The molecule has 0 saturated heterocycles. The molecule has 0 nitrogen and oxygen atoms in total. The SMILES string of the molecule is CCCCCCCC1CCC(C2CCC3CC(c4ccc(F)c(F)c4)CCC3C2)CC1. The number of halogens is 2. The van der Waals surface area contributed by atoms with Crippen LogP contribution < -0.4 is 0 Å². The predicted molar refractivity (Wildman–Crippen MR) is 126 cm³/mol. The molecular weight excluding hydrogens is 386 g/mol. The summed E-state index contributed by atoms with van der Waals surface area (Å²) < 4.78 is 27.0. The molecule has 0 amide bonds. The molecule has 3 fully saturated rings. The summed E-state index contributed by atoms with van der Waals surface area (Å²) in [4.78, 5) is 0. The molecule has 4 rings (SSSR count). The Morgan fingerprint density at radius 3 is 2.06 bits per heavy atom. The van der Waals surface area contributed by atoms with Gasteiger partial charge in [0.15, 0.2) is 11.6 Å². The molecule has 4 atom stereocenters. The number of rotatable bonds is 8. The highest BCUT2D eigenvalue weighted by atomic mass is 19.2. The van der Waals surface area contributed by atoms with Gasteiger partial charge < -0.3 is 0 Å². The quantitative estimate of drug-likeness (QED) is 0.360. The smallest absolute Gasteiger partial charge is 0.159 e. The molecule has 0 radical (unpaired) electrons. The van der Waals surface area contributed by atoms with Crippen molar-refractivity contribution in [1.82, 2.24) is 0 Å². The van der Waals surface area contributed by atoms with Gasteiger partial charge in [0.1, 0.15) is 0 Å². The van der Waals surface area contributed by atoms with Crippen LogP contribution >= 0.6 is 0 Å². The maximum Gasteiger partial charge on any atom is 0.159 e. The highest BCUT2D eigenvalue weighted by Crippen LogP contribution is 2.51. The van der Waals surface area contributed by atoms with E-state index in [4.69, 9.17) is 0 Å². The maximum atomic E-state index is 13.7. The lowest BCUT2D eigenvalue weighted by Gasteiger charge is -2.45. The van der Waals surface area contributed by atoms with Gasteiger partial charge in [-0.2, -0.15) is 0 Å². The average molecular weight is 431 g/mol. The minimum absolute atomic E-state index is 0.431. The summed E-state index contributed by atoms with van der Waals surface area (Å²) in [5.74, 6) is 3.69. The van der Waals surface area contributed by atoms with Gasteiger partial charge in [-0.15, -0.1) is 0 Å². The van der Waals surface area contributed by atoms with Gasteiger partial charge >= 0.3 is 0 Å². The molecule has 2 heteroatoms. The highest BCUT2D eigenvalue weighted by molar-refractivity contribution is 5.22. The number of fused-ring (bicyclic) bond motifs is 1. The van der Waals surface area contributed by atoms with Crippen LogP contribution in [0.25, 0.3) is 0 Å². The van der Waals surface area contributed by atoms with E-state index < -0.39 is 11.6 Å². The minimum Gasteiger partial charge on any atom is -0.204 e. The Morgan fingerprint density at radius 2 is 1.32 bits per heavy atom. The Labute approximate surface area is 189 Å². The van der Waals surface area contributed by atoms with Gasteiger partial charge in [-0.1, -0.05) is 64.4 Å².